The van der Waals surface area contributed by atoms with Gasteiger partial charge in [-0.25, -0.2) is 0 Å². The van der Waals surface area contributed by atoms with Crippen LogP contribution in [0.25, 0.3) is 0 Å². The molecule has 2 rings (SSSR count). The van der Waals surface area contributed by atoms with Crippen molar-refractivity contribution >= 4 is 5.69 Å². The van der Waals surface area contributed by atoms with Gasteiger partial charge in [0.2, 0.25) is 0 Å². The Morgan fingerprint density at radius 1 is 1.29 bits per heavy atom. The van der Waals surface area contributed by atoms with Gasteiger partial charge in [-0.1, -0.05) is 19.9 Å². The van der Waals surface area contributed by atoms with Crippen molar-refractivity contribution in [3.05, 3.63) is 24.3 Å². The van der Waals surface area contributed by atoms with Gasteiger partial charge in [0.25, 0.3) is 0 Å². The molecule has 118 valence electrons. The molecule has 1 aromatic rings. The maximum absolute atomic E-state index is 5.33. The van der Waals surface area contributed by atoms with Gasteiger partial charge in [-0.05, 0) is 49.8 Å². The number of hydrogen-bond acceptors (Lipinski definition) is 3. The lowest BCUT2D eigenvalue weighted by Gasteiger charge is -2.41. The minimum Gasteiger partial charge on any atom is -0.497 e. The zero-order valence-corrected chi connectivity index (χ0v) is 14.1. The molecule has 1 aliphatic carbocycles. The van der Waals surface area contributed by atoms with Crippen LogP contribution in [-0.4, -0.2) is 33.8 Å². The average molecular weight is 290 g/mol. The number of methoxy groups -OCH3 is 1. The highest BCUT2D eigenvalue weighted by Crippen LogP contribution is 2.35. The van der Waals surface area contributed by atoms with Crippen LogP contribution in [0.5, 0.6) is 5.75 Å². The van der Waals surface area contributed by atoms with Crippen LogP contribution in [0, 0.1) is 17.8 Å². The first-order valence-corrected chi connectivity index (χ1v) is 8.07. The first-order chi connectivity index (χ1) is 10.0. The van der Waals surface area contributed by atoms with Gasteiger partial charge < -0.3 is 15.0 Å². The van der Waals surface area contributed by atoms with Crippen LogP contribution in [-0.2, 0) is 0 Å². The molecule has 3 nitrogen and oxygen atoms in total. The Kier molecular flexibility index (Phi) is 5.51. The molecule has 0 aliphatic heterocycles. The smallest absolute Gasteiger partial charge is 0.120 e. The fourth-order valence-corrected chi connectivity index (χ4v) is 3.82. The van der Waals surface area contributed by atoms with Crippen molar-refractivity contribution in [3.63, 3.8) is 0 Å². The van der Waals surface area contributed by atoms with E-state index in [1.807, 2.05) is 6.07 Å². The molecule has 1 saturated carbocycles. The summed E-state index contributed by atoms with van der Waals surface area (Å²) in [5.41, 5.74) is 1.23. The van der Waals surface area contributed by atoms with Gasteiger partial charge in [-0.2, -0.15) is 0 Å². The van der Waals surface area contributed by atoms with Gasteiger partial charge in [-0.15, -0.1) is 0 Å². The minimum absolute atomic E-state index is 0.622. The Balaban J connectivity index is 2.07. The van der Waals surface area contributed by atoms with Gasteiger partial charge in [0.1, 0.15) is 5.75 Å². The number of rotatable bonds is 5. The van der Waals surface area contributed by atoms with Crippen LogP contribution < -0.4 is 15.0 Å². The van der Waals surface area contributed by atoms with Crippen molar-refractivity contribution in [1.29, 1.82) is 0 Å². The lowest BCUT2D eigenvalue weighted by atomic mass is 9.72. The van der Waals surface area contributed by atoms with Crippen LogP contribution in [0.3, 0.4) is 0 Å². The van der Waals surface area contributed by atoms with Crippen LogP contribution in [0.2, 0.25) is 0 Å². The van der Waals surface area contributed by atoms with Crippen LogP contribution in [0.1, 0.15) is 26.7 Å². The SMILES string of the molecule is CNC1CC(C)CC(C)C1CN(C)c1cccc(OC)c1. The number of hydrogen-bond donors (Lipinski definition) is 1. The number of ether oxygens (including phenoxy) is 1. The van der Waals surface area contributed by atoms with E-state index in [2.05, 4.69) is 56.4 Å². The lowest BCUT2D eigenvalue weighted by molar-refractivity contribution is 0.158. The molecule has 0 saturated heterocycles. The van der Waals surface area contributed by atoms with Gasteiger partial charge >= 0.3 is 0 Å². The standard InChI is InChI=1S/C18H30N2O/c1-13-9-14(2)17(18(10-13)19-3)12-20(4)15-7-6-8-16(11-15)21-5/h6-8,11,13-14,17-19H,9-10,12H2,1-5H3. The quantitative estimate of drug-likeness (QED) is 0.899. The number of nitrogens with zero attached hydrogens (tertiary/aromatic N) is 1. The first kappa shape index (κ1) is 16.2. The number of anilines is 1. The van der Waals surface area contributed by atoms with Crippen LogP contribution in [0.4, 0.5) is 5.69 Å². The van der Waals surface area contributed by atoms with Crippen molar-refractivity contribution in [3.8, 4) is 5.75 Å². The Labute approximate surface area is 129 Å². The second-order valence-electron chi connectivity index (χ2n) is 6.69. The van der Waals surface area contributed by atoms with E-state index in [0.717, 1.165) is 24.1 Å². The topological polar surface area (TPSA) is 24.5 Å². The first-order valence-electron chi connectivity index (χ1n) is 8.07. The number of nitrogens with one attached hydrogen (secondary N) is 1. The summed E-state index contributed by atoms with van der Waals surface area (Å²) in [5, 5.41) is 3.54. The summed E-state index contributed by atoms with van der Waals surface area (Å²) in [6.45, 7) is 5.87. The van der Waals surface area contributed by atoms with E-state index < -0.39 is 0 Å². The zero-order valence-electron chi connectivity index (χ0n) is 14.1. The fourth-order valence-electron chi connectivity index (χ4n) is 3.82. The highest BCUT2D eigenvalue weighted by molar-refractivity contribution is 5.50. The van der Waals surface area contributed by atoms with Gasteiger partial charge in [-0.3, -0.25) is 0 Å². The molecule has 4 atom stereocenters. The largest absolute Gasteiger partial charge is 0.497 e. The van der Waals surface area contributed by atoms with Gasteiger partial charge in [0.05, 0.1) is 7.11 Å². The average Bonchev–Trinajstić information content (AvgIpc) is 2.49. The molecule has 0 amide bonds. The Morgan fingerprint density at radius 3 is 2.71 bits per heavy atom. The third kappa shape index (κ3) is 3.91. The molecule has 0 spiro atoms. The van der Waals surface area contributed by atoms with E-state index in [0.29, 0.717) is 12.0 Å². The van der Waals surface area contributed by atoms with Crippen LogP contribution in [0.15, 0.2) is 24.3 Å². The third-order valence-corrected chi connectivity index (χ3v) is 5.03. The predicted molar refractivity (Wildman–Crippen MR) is 90.2 cm³/mol. The van der Waals surface area contributed by atoms with E-state index >= 15 is 0 Å². The summed E-state index contributed by atoms with van der Waals surface area (Å²) < 4.78 is 5.33. The van der Waals surface area contributed by atoms with Gasteiger partial charge in [0.15, 0.2) is 0 Å². The van der Waals surface area contributed by atoms with Crippen molar-refractivity contribution in [2.45, 2.75) is 32.7 Å². The molecule has 0 radical (unpaired) electrons. The Hall–Kier alpha value is -1.22. The Bertz CT molecular complexity index is 449. The summed E-state index contributed by atoms with van der Waals surface area (Å²) in [5.74, 6) is 3.22. The van der Waals surface area contributed by atoms with E-state index in [1.165, 1.54) is 18.5 Å². The van der Waals surface area contributed by atoms with E-state index in [9.17, 15) is 0 Å². The van der Waals surface area contributed by atoms with Crippen molar-refractivity contribution in [2.75, 3.05) is 32.6 Å². The highest BCUT2D eigenvalue weighted by Gasteiger charge is 2.33. The van der Waals surface area contributed by atoms with Gasteiger partial charge in [0, 0.05) is 31.4 Å². The van der Waals surface area contributed by atoms with Crippen molar-refractivity contribution in [2.24, 2.45) is 17.8 Å². The molecule has 0 heterocycles. The Morgan fingerprint density at radius 2 is 2.05 bits per heavy atom. The molecule has 21 heavy (non-hydrogen) atoms. The van der Waals surface area contributed by atoms with Crippen molar-refractivity contribution in [1.82, 2.24) is 5.32 Å². The van der Waals surface area contributed by atoms with E-state index in [4.69, 9.17) is 4.74 Å². The van der Waals surface area contributed by atoms with Crippen molar-refractivity contribution < 1.29 is 4.74 Å². The van der Waals surface area contributed by atoms with Crippen LogP contribution >= 0.6 is 0 Å². The molecule has 4 unspecified atom stereocenters. The molecule has 0 aromatic heterocycles. The summed E-state index contributed by atoms with van der Waals surface area (Å²) in [4.78, 5) is 2.37. The molecular weight excluding hydrogens is 260 g/mol. The fraction of sp³-hybridized carbons (Fsp3) is 0.667. The molecular formula is C18H30N2O. The second-order valence-corrected chi connectivity index (χ2v) is 6.69. The zero-order chi connectivity index (χ0) is 15.4. The number of benzene rings is 1. The maximum Gasteiger partial charge on any atom is 0.120 e. The molecule has 3 heteroatoms. The summed E-state index contributed by atoms with van der Waals surface area (Å²) in [6.07, 6.45) is 2.63. The van der Waals surface area contributed by atoms with E-state index in [1.54, 1.807) is 7.11 Å². The molecule has 1 aromatic carbocycles. The summed E-state index contributed by atoms with van der Waals surface area (Å²) in [7, 11) is 6.01. The monoisotopic (exact) mass is 290 g/mol. The highest BCUT2D eigenvalue weighted by atomic mass is 16.5. The summed E-state index contributed by atoms with van der Waals surface area (Å²) in [6, 6.07) is 8.96. The third-order valence-electron chi connectivity index (χ3n) is 5.03. The molecule has 1 N–H and O–H groups in total. The summed E-state index contributed by atoms with van der Waals surface area (Å²) >= 11 is 0. The maximum atomic E-state index is 5.33. The second kappa shape index (κ2) is 7.17. The minimum atomic E-state index is 0.622. The normalized spacial score (nSPS) is 29.2. The predicted octanol–water partition coefficient (Wildman–Crippen LogP) is 3.40. The lowest BCUT2D eigenvalue weighted by Crippen LogP contribution is -2.47. The van der Waals surface area contributed by atoms with E-state index in [-0.39, 0.29) is 0 Å². The molecule has 1 aliphatic rings. The molecule has 1 fully saturated rings. The molecule has 0 bridgehead atoms.